The van der Waals surface area contributed by atoms with Crippen LogP contribution in [0, 0.1) is 6.92 Å². The molecule has 3 rings (SSSR count). The normalized spacial score (nSPS) is 18.7. The summed E-state index contributed by atoms with van der Waals surface area (Å²) in [4.78, 5) is 0. The van der Waals surface area contributed by atoms with E-state index in [2.05, 4.69) is 47.6 Å². The Morgan fingerprint density at radius 2 is 2.22 bits per heavy atom. The molecule has 1 aromatic heterocycles. The van der Waals surface area contributed by atoms with E-state index in [0.717, 1.165) is 19.4 Å². The number of nitrogens with one attached hydrogen (secondary N) is 2. The fourth-order valence-corrected chi connectivity index (χ4v) is 2.81. The van der Waals surface area contributed by atoms with Crippen molar-refractivity contribution < 1.29 is 0 Å². The number of hydrogen-bond acceptors (Lipinski definition) is 2. The monoisotopic (exact) mass is 241 g/mol. The van der Waals surface area contributed by atoms with Crippen LogP contribution in [0.4, 0.5) is 0 Å². The maximum atomic E-state index is 4.11. The molecule has 3 nitrogen and oxygen atoms in total. The number of hydrogen-bond donors (Lipinski definition) is 2. The molecule has 2 heterocycles. The van der Waals surface area contributed by atoms with E-state index >= 15 is 0 Å². The van der Waals surface area contributed by atoms with Crippen LogP contribution >= 0.6 is 0 Å². The molecule has 1 aliphatic heterocycles. The van der Waals surface area contributed by atoms with E-state index in [1.165, 1.54) is 27.9 Å². The highest BCUT2D eigenvalue weighted by atomic mass is 15.1. The Morgan fingerprint density at radius 1 is 1.33 bits per heavy atom. The summed E-state index contributed by atoms with van der Waals surface area (Å²) in [7, 11) is 0. The second-order valence-corrected chi connectivity index (χ2v) is 5.11. The Morgan fingerprint density at radius 3 is 3.00 bits per heavy atom. The van der Waals surface area contributed by atoms with Gasteiger partial charge < -0.3 is 5.32 Å². The Kier molecular flexibility index (Phi) is 2.92. The first-order valence-electron chi connectivity index (χ1n) is 6.58. The molecule has 18 heavy (non-hydrogen) atoms. The number of aromatic nitrogens is 2. The van der Waals surface area contributed by atoms with Crippen molar-refractivity contribution in [3.63, 3.8) is 0 Å². The minimum absolute atomic E-state index is 0.471. The number of nitrogens with zero attached hydrogens (tertiary/aromatic N) is 1. The Hall–Kier alpha value is -1.61. The van der Waals surface area contributed by atoms with Gasteiger partial charge in [0.05, 0.1) is 6.20 Å². The van der Waals surface area contributed by atoms with Gasteiger partial charge >= 0.3 is 0 Å². The Bertz CT molecular complexity index is 557. The predicted molar refractivity (Wildman–Crippen MR) is 72.7 cm³/mol. The van der Waals surface area contributed by atoms with E-state index in [1.54, 1.807) is 0 Å². The van der Waals surface area contributed by atoms with Gasteiger partial charge in [-0.05, 0) is 49.1 Å². The van der Waals surface area contributed by atoms with Crippen molar-refractivity contribution in [2.24, 2.45) is 0 Å². The van der Waals surface area contributed by atoms with Crippen molar-refractivity contribution in [1.82, 2.24) is 15.5 Å². The molecule has 0 saturated heterocycles. The first-order chi connectivity index (χ1) is 8.75. The fourth-order valence-electron chi connectivity index (χ4n) is 2.81. The quantitative estimate of drug-likeness (QED) is 0.848. The van der Waals surface area contributed by atoms with Crippen LogP contribution < -0.4 is 5.32 Å². The summed E-state index contributed by atoms with van der Waals surface area (Å²) in [5, 5.41) is 10.6. The number of fused-ring (bicyclic) bond motifs is 1. The van der Waals surface area contributed by atoms with Gasteiger partial charge in [-0.2, -0.15) is 5.10 Å². The van der Waals surface area contributed by atoms with Crippen LogP contribution in [0.2, 0.25) is 0 Å². The lowest BCUT2D eigenvalue weighted by Gasteiger charge is -2.26. The molecule has 1 unspecified atom stereocenters. The lowest BCUT2D eigenvalue weighted by molar-refractivity contribution is 0.538. The van der Waals surface area contributed by atoms with E-state index in [4.69, 9.17) is 0 Å². The molecule has 0 fully saturated rings. The van der Waals surface area contributed by atoms with Crippen LogP contribution in [0.15, 0.2) is 24.4 Å². The highest BCUT2D eigenvalue weighted by molar-refractivity contribution is 5.41. The molecule has 0 aliphatic carbocycles. The number of aromatic amines is 1. The molecular weight excluding hydrogens is 222 g/mol. The van der Waals surface area contributed by atoms with E-state index in [0.29, 0.717) is 6.04 Å². The van der Waals surface area contributed by atoms with Crippen LogP contribution in [0.5, 0.6) is 0 Å². The summed E-state index contributed by atoms with van der Waals surface area (Å²) in [5.41, 5.74) is 6.92. The number of rotatable bonds is 2. The maximum Gasteiger partial charge on any atom is 0.0525 e. The van der Waals surface area contributed by atoms with Crippen molar-refractivity contribution in [3.05, 3.63) is 52.3 Å². The fraction of sp³-hybridized carbons (Fsp3) is 0.400. The summed E-state index contributed by atoms with van der Waals surface area (Å²) in [6.45, 7) is 5.41. The molecule has 1 aromatic carbocycles. The van der Waals surface area contributed by atoms with Crippen molar-refractivity contribution in [1.29, 1.82) is 0 Å². The van der Waals surface area contributed by atoms with Crippen LogP contribution in [0.25, 0.3) is 0 Å². The highest BCUT2D eigenvalue weighted by Crippen LogP contribution is 2.27. The minimum atomic E-state index is 0.471. The molecule has 2 aromatic rings. The van der Waals surface area contributed by atoms with Gasteiger partial charge in [0, 0.05) is 18.2 Å². The smallest absolute Gasteiger partial charge is 0.0525 e. The zero-order chi connectivity index (χ0) is 12.5. The molecule has 1 aliphatic rings. The molecule has 0 bridgehead atoms. The van der Waals surface area contributed by atoms with E-state index in [9.17, 15) is 0 Å². The van der Waals surface area contributed by atoms with Crippen LogP contribution in [-0.4, -0.2) is 16.7 Å². The van der Waals surface area contributed by atoms with E-state index < -0.39 is 0 Å². The standard InChI is InChI=1S/C15H19N3/c1-10-13(9-17-18-10)8-12-4-3-5-14-11(2)16-7-6-15(12)14/h3-5,9,11,16H,6-8H2,1-2H3,(H,17,18). The third-order valence-electron chi connectivity index (χ3n) is 3.92. The average Bonchev–Trinajstić information content (AvgIpc) is 2.77. The van der Waals surface area contributed by atoms with Gasteiger partial charge in [-0.25, -0.2) is 0 Å². The molecule has 0 amide bonds. The largest absolute Gasteiger partial charge is 0.310 e. The van der Waals surface area contributed by atoms with E-state index in [-0.39, 0.29) is 0 Å². The summed E-state index contributed by atoms with van der Waals surface area (Å²) in [6.07, 6.45) is 4.06. The van der Waals surface area contributed by atoms with Gasteiger partial charge in [0.2, 0.25) is 0 Å². The average molecular weight is 241 g/mol. The van der Waals surface area contributed by atoms with Crippen LogP contribution in [0.3, 0.4) is 0 Å². The van der Waals surface area contributed by atoms with Gasteiger partial charge in [-0.3, -0.25) is 5.10 Å². The molecule has 2 N–H and O–H groups in total. The summed E-state index contributed by atoms with van der Waals surface area (Å²) in [6, 6.07) is 7.15. The molecule has 0 spiro atoms. The third-order valence-corrected chi connectivity index (χ3v) is 3.92. The third kappa shape index (κ3) is 1.95. The topological polar surface area (TPSA) is 40.7 Å². The predicted octanol–water partition coefficient (Wildman–Crippen LogP) is 2.52. The van der Waals surface area contributed by atoms with Crippen LogP contribution in [-0.2, 0) is 12.8 Å². The molecule has 3 heteroatoms. The number of H-pyrrole nitrogens is 1. The summed E-state index contributed by atoms with van der Waals surface area (Å²) >= 11 is 0. The lowest BCUT2D eigenvalue weighted by Crippen LogP contribution is -2.28. The second-order valence-electron chi connectivity index (χ2n) is 5.11. The van der Waals surface area contributed by atoms with Gasteiger partial charge in [-0.1, -0.05) is 18.2 Å². The van der Waals surface area contributed by atoms with Gasteiger partial charge in [0.1, 0.15) is 0 Å². The molecule has 1 atom stereocenters. The Labute approximate surface area is 108 Å². The number of aryl methyl sites for hydroxylation is 1. The van der Waals surface area contributed by atoms with Crippen molar-refractivity contribution in [3.8, 4) is 0 Å². The number of benzene rings is 1. The summed E-state index contributed by atoms with van der Waals surface area (Å²) in [5.74, 6) is 0. The van der Waals surface area contributed by atoms with Crippen molar-refractivity contribution in [2.75, 3.05) is 6.54 Å². The van der Waals surface area contributed by atoms with Gasteiger partial charge in [0.25, 0.3) is 0 Å². The molecular formula is C15H19N3. The SMILES string of the molecule is Cc1[nH]ncc1Cc1cccc2c1CCNC2C. The maximum absolute atomic E-state index is 4.11. The molecule has 0 saturated carbocycles. The van der Waals surface area contributed by atoms with E-state index in [1.807, 2.05) is 6.20 Å². The molecule has 0 radical (unpaired) electrons. The van der Waals surface area contributed by atoms with Gasteiger partial charge in [0.15, 0.2) is 0 Å². The highest BCUT2D eigenvalue weighted by Gasteiger charge is 2.18. The first-order valence-corrected chi connectivity index (χ1v) is 6.58. The zero-order valence-electron chi connectivity index (χ0n) is 11.0. The molecule has 94 valence electrons. The second kappa shape index (κ2) is 4.58. The Balaban J connectivity index is 1.98. The minimum Gasteiger partial charge on any atom is -0.310 e. The first kappa shape index (κ1) is 11.5. The zero-order valence-corrected chi connectivity index (χ0v) is 11.0. The van der Waals surface area contributed by atoms with Gasteiger partial charge in [-0.15, -0.1) is 0 Å². The summed E-state index contributed by atoms with van der Waals surface area (Å²) < 4.78 is 0. The van der Waals surface area contributed by atoms with Crippen LogP contribution in [0.1, 0.15) is 40.9 Å². The lowest BCUT2D eigenvalue weighted by atomic mass is 9.89. The van der Waals surface area contributed by atoms with Crippen molar-refractivity contribution in [2.45, 2.75) is 32.7 Å². The van der Waals surface area contributed by atoms with Crippen molar-refractivity contribution >= 4 is 0 Å².